The van der Waals surface area contributed by atoms with Gasteiger partial charge in [0, 0.05) is 13.1 Å². The van der Waals surface area contributed by atoms with E-state index in [0.29, 0.717) is 13.2 Å². The lowest BCUT2D eigenvalue weighted by atomic mass is 10.4. The van der Waals surface area contributed by atoms with Gasteiger partial charge in [-0.2, -0.15) is 0 Å². The molecular weight excluding hydrogens is 173 g/mol. The molecule has 0 unspecified atom stereocenters. The molecule has 0 radical (unpaired) electrons. The molecule has 0 saturated carbocycles. The summed E-state index contributed by atoms with van der Waals surface area (Å²) in [5, 5.41) is 0. The Kier molecular flexibility index (Phi) is 7.20. The van der Waals surface area contributed by atoms with E-state index in [1.165, 1.54) is 0 Å². The predicted molar refractivity (Wildman–Crippen MR) is 49.2 cm³/mol. The number of rotatable bonds is 7. The van der Waals surface area contributed by atoms with Crippen molar-refractivity contribution in [1.82, 2.24) is 4.90 Å². The SMILES string of the molecule is C=CCN(CCF)CC(=O)OCC. The summed E-state index contributed by atoms with van der Waals surface area (Å²) < 4.78 is 16.7. The molecule has 0 saturated heterocycles. The minimum atomic E-state index is -0.465. The van der Waals surface area contributed by atoms with Crippen molar-refractivity contribution in [2.45, 2.75) is 6.92 Å². The monoisotopic (exact) mass is 189 g/mol. The van der Waals surface area contributed by atoms with Gasteiger partial charge in [0.2, 0.25) is 0 Å². The minimum absolute atomic E-state index is 0.129. The third-order valence-corrected chi connectivity index (χ3v) is 1.45. The highest BCUT2D eigenvalue weighted by molar-refractivity contribution is 5.71. The summed E-state index contributed by atoms with van der Waals surface area (Å²) in [6, 6.07) is 0. The Morgan fingerprint density at radius 2 is 2.38 bits per heavy atom. The number of carbonyl (C=O) groups is 1. The Morgan fingerprint density at radius 1 is 1.69 bits per heavy atom. The lowest BCUT2D eigenvalue weighted by Crippen LogP contribution is -2.32. The average Bonchev–Trinajstić information content (AvgIpc) is 2.05. The molecule has 0 aliphatic heterocycles. The molecule has 0 amide bonds. The zero-order valence-electron chi connectivity index (χ0n) is 7.96. The van der Waals surface area contributed by atoms with Crippen LogP contribution in [-0.2, 0) is 9.53 Å². The highest BCUT2D eigenvalue weighted by Crippen LogP contribution is 1.91. The molecule has 0 spiro atoms. The molecule has 0 fully saturated rings. The van der Waals surface area contributed by atoms with Crippen molar-refractivity contribution in [1.29, 1.82) is 0 Å². The Bertz CT molecular complexity index is 162. The largest absolute Gasteiger partial charge is 0.465 e. The van der Waals surface area contributed by atoms with Crippen molar-refractivity contribution >= 4 is 5.97 Å². The van der Waals surface area contributed by atoms with E-state index in [1.807, 2.05) is 0 Å². The molecule has 4 heteroatoms. The molecule has 3 nitrogen and oxygen atoms in total. The zero-order valence-corrected chi connectivity index (χ0v) is 7.96. The second-order valence-electron chi connectivity index (χ2n) is 2.52. The molecule has 0 aliphatic rings. The molecule has 0 bridgehead atoms. The molecule has 0 heterocycles. The third-order valence-electron chi connectivity index (χ3n) is 1.45. The van der Waals surface area contributed by atoms with E-state index < -0.39 is 6.67 Å². The summed E-state index contributed by atoms with van der Waals surface area (Å²) in [6.45, 7) is 6.03. The summed E-state index contributed by atoms with van der Waals surface area (Å²) in [5.74, 6) is -0.321. The van der Waals surface area contributed by atoms with Crippen molar-refractivity contribution in [3.8, 4) is 0 Å². The maximum absolute atomic E-state index is 12.0. The van der Waals surface area contributed by atoms with Crippen LogP contribution in [0.5, 0.6) is 0 Å². The number of hydrogen-bond donors (Lipinski definition) is 0. The first-order valence-corrected chi connectivity index (χ1v) is 4.29. The van der Waals surface area contributed by atoms with Crippen LogP contribution in [0.15, 0.2) is 12.7 Å². The number of nitrogens with zero attached hydrogens (tertiary/aromatic N) is 1. The van der Waals surface area contributed by atoms with E-state index in [0.717, 1.165) is 0 Å². The smallest absolute Gasteiger partial charge is 0.320 e. The van der Waals surface area contributed by atoms with Crippen LogP contribution in [0, 0.1) is 0 Å². The van der Waals surface area contributed by atoms with Gasteiger partial charge in [0.1, 0.15) is 6.67 Å². The van der Waals surface area contributed by atoms with Gasteiger partial charge in [-0.15, -0.1) is 6.58 Å². The summed E-state index contributed by atoms with van der Waals surface area (Å²) in [7, 11) is 0. The maximum atomic E-state index is 12.0. The highest BCUT2D eigenvalue weighted by atomic mass is 19.1. The minimum Gasteiger partial charge on any atom is -0.465 e. The first-order valence-electron chi connectivity index (χ1n) is 4.29. The van der Waals surface area contributed by atoms with E-state index in [9.17, 15) is 9.18 Å². The van der Waals surface area contributed by atoms with Crippen LogP contribution in [0.1, 0.15) is 6.92 Å². The predicted octanol–water partition coefficient (Wildman–Crippen LogP) is 1.01. The van der Waals surface area contributed by atoms with Crippen molar-refractivity contribution in [3.05, 3.63) is 12.7 Å². The van der Waals surface area contributed by atoms with Crippen molar-refractivity contribution in [3.63, 3.8) is 0 Å². The quantitative estimate of drug-likeness (QED) is 0.442. The lowest BCUT2D eigenvalue weighted by Gasteiger charge is -2.17. The molecule has 0 aromatic heterocycles. The molecule has 0 aromatic carbocycles. The molecule has 13 heavy (non-hydrogen) atoms. The number of esters is 1. The Morgan fingerprint density at radius 3 is 2.85 bits per heavy atom. The van der Waals surface area contributed by atoms with Gasteiger partial charge in [0.15, 0.2) is 0 Å². The van der Waals surface area contributed by atoms with E-state index in [1.54, 1.807) is 17.9 Å². The average molecular weight is 189 g/mol. The van der Waals surface area contributed by atoms with Gasteiger partial charge in [0.25, 0.3) is 0 Å². The van der Waals surface area contributed by atoms with Crippen molar-refractivity contribution in [2.75, 3.05) is 32.9 Å². The van der Waals surface area contributed by atoms with Crippen LogP contribution in [0.4, 0.5) is 4.39 Å². The molecule has 0 atom stereocenters. The van der Waals surface area contributed by atoms with Gasteiger partial charge in [-0.05, 0) is 6.92 Å². The second-order valence-corrected chi connectivity index (χ2v) is 2.52. The summed E-state index contributed by atoms with van der Waals surface area (Å²) in [6.07, 6.45) is 1.63. The number of carbonyl (C=O) groups excluding carboxylic acids is 1. The van der Waals surface area contributed by atoms with Gasteiger partial charge < -0.3 is 4.74 Å². The van der Waals surface area contributed by atoms with Crippen LogP contribution in [-0.4, -0.2) is 43.8 Å². The Labute approximate surface area is 78.2 Å². The normalized spacial score (nSPS) is 10.1. The molecule has 0 N–H and O–H groups in total. The fourth-order valence-electron chi connectivity index (χ4n) is 0.926. The van der Waals surface area contributed by atoms with Crippen LogP contribution in [0.3, 0.4) is 0 Å². The number of halogens is 1. The summed E-state index contributed by atoms with van der Waals surface area (Å²) >= 11 is 0. The standard InChI is InChI=1S/C9H16FNO2/c1-3-6-11(7-5-10)8-9(12)13-4-2/h3H,1,4-8H2,2H3. The van der Waals surface area contributed by atoms with Crippen molar-refractivity contribution < 1.29 is 13.9 Å². The van der Waals surface area contributed by atoms with Crippen LogP contribution < -0.4 is 0 Å². The molecule has 76 valence electrons. The molecule has 0 rings (SSSR count). The summed E-state index contributed by atoms with van der Waals surface area (Å²) in [4.78, 5) is 12.6. The van der Waals surface area contributed by atoms with E-state index >= 15 is 0 Å². The number of ether oxygens (including phenoxy) is 1. The topological polar surface area (TPSA) is 29.5 Å². The first kappa shape index (κ1) is 12.1. The second kappa shape index (κ2) is 7.73. The van der Waals surface area contributed by atoms with E-state index in [4.69, 9.17) is 4.74 Å². The van der Waals surface area contributed by atoms with Gasteiger partial charge >= 0.3 is 5.97 Å². The number of alkyl halides is 1. The van der Waals surface area contributed by atoms with Gasteiger partial charge in [-0.1, -0.05) is 6.08 Å². The fraction of sp³-hybridized carbons (Fsp3) is 0.667. The zero-order chi connectivity index (χ0) is 10.1. The molecule has 0 aliphatic carbocycles. The maximum Gasteiger partial charge on any atom is 0.320 e. The highest BCUT2D eigenvalue weighted by Gasteiger charge is 2.09. The lowest BCUT2D eigenvalue weighted by molar-refractivity contribution is -0.144. The molecular formula is C9H16FNO2. The summed E-state index contributed by atoms with van der Waals surface area (Å²) in [5.41, 5.74) is 0. The van der Waals surface area contributed by atoms with Crippen LogP contribution in [0.2, 0.25) is 0 Å². The first-order chi connectivity index (χ1) is 6.24. The van der Waals surface area contributed by atoms with Crippen LogP contribution in [0.25, 0.3) is 0 Å². The molecule has 0 aromatic rings. The number of hydrogen-bond acceptors (Lipinski definition) is 3. The van der Waals surface area contributed by atoms with Gasteiger partial charge in [-0.25, -0.2) is 4.39 Å². The third kappa shape index (κ3) is 6.28. The fourth-order valence-corrected chi connectivity index (χ4v) is 0.926. The van der Waals surface area contributed by atoms with Crippen LogP contribution >= 0.6 is 0 Å². The van der Waals surface area contributed by atoms with E-state index in [-0.39, 0.29) is 19.1 Å². The van der Waals surface area contributed by atoms with Gasteiger partial charge in [0.05, 0.1) is 13.2 Å². The Hall–Kier alpha value is -0.900. The van der Waals surface area contributed by atoms with Gasteiger partial charge in [-0.3, -0.25) is 9.69 Å². The van der Waals surface area contributed by atoms with Crippen molar-refractivity contribution in [2.24, 2.45) is 0 Å². The van der Waals surface area contributed by atoms with E-state index in [2.05, 4.69) is 6.58 Å². The Balaban J connectivity index is 3.78.